The van der Waals surface area contributed by atoms with Crippen LogP contribution in [0.15, 0.2) is 48.8 Å². The minimum Gasteiger partial charge on any atom is -0.296 e. The minimum absolute atomic E-state index is 0.0659. The van der Waals surface area contributed by atoms with E-state index in [1.54, 1.807) is 0 Å². The van der Waals surface area contributed by atoms with Crippen LogP contribution < -0.4 is 5.48 Å². The van der Waals surface area contributed by atoms with Crippen molar-refractivity contribution in [3.8, 4) is 0 Å². The van der Waals surface area contributed by atoms with Gasteiger partial charge in [0, 0.05) is 30.4 Å². The summed E-state index contributed by atoms with van der Waals surface area (Å²) in [4.78, 5) is 13.2. The van der Waals surface area contributed by atoms with Crippen molar-refractivity contribution in [1.82, 2.24) is 20.0 Å². The molecule has 0 bridgehead atoms. The Morgan fingerprint density at radius 3 is 2.87 bits per heavy atom. The lowest BCUT2D eigenvalue weighted by atomic mass is 10.0. The quantitative estimate of drug-likeness (QED) is 0.369. The predicted molar refractivity (Wildman–Crippen MR) is 108 cm³/mol. The Kier molecular flexibility index (Phi) is 5.87. The molecular formula is C22H22F2N4O2. The summed E-state index contributed by atoms with van der Waals surface area (Å²) >= 11 is 0. The molecule has 0 saturated carbocycles. The van der Waals surface area contributed by atoms with Crippen molar-refractivity contribution in [1.29, 1.82) is 0 Å². The van der Waals surface area contributed by atoms with E-state index in [1.807, 2.05) is 35.1 Å². The number of hydrogen-bond acceptors (Lipinski definition) is 4. The molecule has 1 aliphatic heterocycles. The molecule has 1 fully saturated rings. The molecule has 3 aromatic rings. The highest BCUT2D eigenvalue weighted by Crippen LogP contribution is 2.35. The fraction of sp³-hybridized carbons (Fsp3) is 0.273. The number of hydroxylamine groups is 1. The summed E-state index contributed by atoms with van der Waals surface area (Å²) in [5.41, 5.74) is 3.86. The number of pyridine rings is 1. The molecule has 2 aromatic heterocycles. The Morgan fingerprint density at radius 1 is 1.30 bits per heavy atom. The van der Waals surface area contributed by atoms with Gasteiger partial charge in [0.1, 0.15) is 11.6 Å². The molecule has 0 unspecified atom stereocenters. The van der Waals surface area contributed by atoms with Gasteiger partial charge in [0.05, 0.1) is 11.7 Å². The van der Waals surface area contributed by atoms with Crippen molar-refractivity contribution in [2.75, 3.05) is 13.1 Å². The fourth-order valence-electron chi connectivity index (χ4n) is 4.09. The van der Waals surface area contributed by atoms with E-state index in [9.17, 15) is 13.6 Å². The maximum absolute atomic E-state index is 14.8. The Labute approximate surface area is 172 Å². The van der Waals surface area contributed by atoms with Gasteiger partial charge in [-0.1, -0.05) is 6.07 Å². The van der Waals surface area contributed by atoms with Crippen molar-refractivity contribution in [2.45, 2.75) is 25.3 Å². The van der Waals surface area contributed by atoms with E-state index < -0.39 is 17.5 Å². The van der Waals surface area contributed by atoms with Crippen LogP contribution in [-0.4, -0.2) is 38.7 Å². The van der Waals surface area contributed by atoms with Gasteiger partial charge in [-0.25, -0.2) is 18.8 Å². The third kappa shape index (κ3) is 4.10. The highest BCUT2D eigenvalue weighted by molar-refractivity contribution is 5.90. The van der Waals surface area contributed by atoms with E-state index in [0.717, 1.165) is 36.5 Å². The average Bonchev–Trinajstić information content (AvgIpc) is 3.37. The van der Waals surface area contributed by atoms with Crippen LogP contribution >= 0.6 is 0 Å². The largest absolute Gasteiger partial charge is 0.296 e. The second kappa shape index (κ2) is 8.73. The van der Waals surface area contributed by atoms with E-state index in [2.05, 4.69) is 10.00 Å². The summed E-state index contributed by atoms with van der Waals surface area (Å²) in [5, 5.41) is 12.8. The molecule has 4 rings (SSSR count). The molecule has 30 heavy (non-hydrogen) atoms. The molecule has 1 atom stereocenters. The molecule has 6 nitrogen and oxygen atoms in total. The molecule has 1 amide bonds. The number of fused-ring (bicyclic) bond motifs is 1. The number of likely N-dealkylation sites (tertiary alicyclic amines) is 1. The zero-order valence-electron chi connectivity index (χ0n) is 16.3. The Bertz CT molecular complexity index is 1070. The van der Waals surface area contributed by atoms with E-state index in [0.29, 0.717) is 13.0 Å². The van der Waals surface area contributed by atoms with E-state index >= 15 is 0 Å². The molecule has 156 valence electrons. The molecule has 0 aliphatic carbocycles. The molecular weight excluding hydrogens is 390 g/mol. The van der Waals surface area contributed by atoms with Gasteiger partial charge >= 0.3 is 0 Å². The Balaban J connectivity index is 1.51. The number of amides is 1. The monoisotopic (exact) mass is 412 g/mol. The van der Waals surface area contributed by atoms with Crippen LogP contribution in [0.3, 0.4) is 0 Å². The molecule has 1 aliphatic rings. The molecule has 8 heteroatoms. The van der Waals surface area contributed by atoms with Gasteiger partial charge in [0.2, 0.25) is 0 Å². The first-order valence-electron chi connectivity index (χ1n) is 9.83. The number of aromatic nitrogens is 2. The number of nitrogens with zero attached hydrogens (tertiary/aromatic N) is 3. The SMILES string of the molecule is O=C(/C=C/c1cc(F)c([C@@H]2CCCN2CCc2cnn3ccccc23)c(F)c1)NO. The summed E-state index contributed by atoms with van der Waals surface area (Å²) in [6.45, 7) is 1.46. The maximum Gasteiger partial charge on any atom is 0.267 e. The Morgan fingerprint density at radius 2 is 2.10 bits per heavy atom. The third-order valence-electron chi connectivity index (χ3n) is 5.51. The van der Waals surface area contributed by atoms with E-state index in [-0.39, 0.29) is 17.2 Å². The first-order valence-corrected chi connectivity index (χ1v) is 9.83. The van der Waals surface area contributed by atoms with Crippen molar-refractivity contribution in [3.63, 3.8) is 0 Å². The van der Waals surface area contributed by atoms with Gasteiger partial charge in [0.15, 0.2) is 0 Å². The number of benzene rings is 1. The highest BCUT2D eigenvalue weighted by Gasteiger charge is 2.30. The maximum atomic E-state index is 14.8. The third-order valence-corrected chi connectivity index (χ3v) is 5.51. The highest BCUT2D eigenvalue weighted by atomic mass is 19.1. The van der Waals surface area contributed by atoms with Crippen molar-refractivity contribution in [3.05, 3.63) is 77.1 Å². The number of carbonyl (C=O) groups excluding carboxylic acids is 1. The van der Waals surface area contributed by atoms with Gasteiger partial charge in [0.25, 0.3) is 5.91 Å². The topological polar surface area (TPSA) is 69.9 Å². The minimum atomic E-state index is -0.769. The normalized spacial score (nSPS) is 17.2. The second-order valence-electron chi connectivity index (χ2n) is 7.35. The number of halogens is 2. The fourth-order valence-corrected chi connectivity index (χ4v) is 4.09. The average molecular weight is 412 g/mol. The molecule has 0 spiro atoms. The van der Waals surface area contributed by atoms with Crippen molar-refractivity contribution < 1.29 is 18.8 Å². The van der Waals surface area contributed by atoms with Gasteiger partial charge < -0.3 is 0 Å². The summed E-state index contributed by atoms with van der Waals surface area (Å²) in [6.07, 6.45) is 8.28. The van der Waals surface area contributed by atoms with Crippen LogP contribution in [0.1, 0.15) is 35.6 Å². The van der Waals surface area contributed by atoms with Crippen LogP contribution in [0.25, 0.3) is 11.6 Å². The van der Waals surface area contributed by atoms with Crippen LogP contribution in [0.5, 0.6) is 0 Å². The first-order chi connectivity index (χ1) is 14.6. The first kappa shape index (κ1) is 20.2. The molecule has 1 aromatic carbocycles. The summed E-state index contributed by atoms with van der Waals surface area (Å²) in [6, 6.07) is 7.98. The summed E-state index contributed by atoms with van der Waals surface area (Å²) in [5.74, 6) is -2.03. The van der Waals surface area contributed by atoms with Gasteiger partial charge in [-0.3, -0.25) is 14.9 Å². The van der Waals surface area contributed by atoms with Crippen LogP contribution in [-0.2, 0) is 11.2 Å². The Hall–Kier alpha value is -3.10. The molecule has 0 radical (unpaired) electrons. The summed E-state index contributed by atoms with van der Waals surface area (Å²) < 4.78 is 31.4. The van der Waals surface area contributed by atoms with Crippen molar-refractivity contribution >= 4 is 17.5 Å². The second-order valence-corrected chi connectivity index (χ2v) is 7.35. The lowest BCUT2D eigenvalue weighted by Crippen LogP contribution is -2.27. The van der Waals surface area contributed by atoms with Crippen LogP contribution in [0.2, 0.25) is 0 Å². The molecule has 3 heterocycles. The van der Waals surface area contributed by atoms with E-state index in [4.69, 9.17) is 5.21 Å². The molecule has 1 saturated heterocycles. The number of rotatable bonds is 6. The van der Waals surface area contributed by atoms with E-state index in [1.165, 1.54) is 23.7 Å². The van der Waals surface area contributed by atoms with Gasteiger partial charge in [-0.2, -0.15) is 5.10 Å². The zero-order chi connectivity index (χ0) is 21.1. The number of hydrogen-bond donors (Lipinski definition) is 2. The molecule has 2 N–H and O–H groups in total. The number of carbonyl (C=O) groups is 1. The smallest absolute Gasteiger partial charge is 0.267 e. The zero-order valence-corrected chi connectivity index (χ0v) is 16.3. The standard InChI is InChI=1S/C22H22F2N4O2/c23-17-12-15(6-7-21(29)26-30)13-18(24)22(17)20-5-3-9-27(20)11-8-16-14-25-28-10-2-1-4-19(16)28/h1-2,4,6-7,10,12-14,20,30H,3,5,8-9,11H2,(H,26,29)/b7-6+/t20-/m0/s1. The lowest BCUT2D eigenvalue weighted by molar-refractivity contribution is -0.124. The van der Waals surface area contributed by atoms with Gasteiger partial charge in [-0.15, -0.1) is 0 Å². The van der Waals surface area contributed by atoms with Crippen molar-refractivity contribution in [2.24, 2.45) is 0 Å². The van der Waals surface area contributed by atoms with Crippen LogP contribution in [0, 0.1) is 11.6 Å². The summed E-state index contributed by atoms with van der Waals surface area (Å²) in [7, 11) is 0. The number of nitrogens with one attached hydrogen (secondary N) is 1. The lowest BCUT2D eigenvalue weighted by Gasteiger charge is -2.25. The predicted octanol–water partition coefficient (Wildman–Crippen LogP) is 3.51. The van der Waals surface area contributed by atoms with Crippen LogP contribution in [0.4, 0.5) is 8.78 Å². The van der Waals surface area contributed by atoms with Gasteiger partial charge in [-0.05, 0) is 67.3 Å².